The summed E-state index contributed by atoms with van der Waals surface area (Å²) in [5.74, 6) is 1.50. The molecule has 3 saturated heterocycles. The van der Waals surface area contributed by atoms with Crippen molar-refractivity contribution in [2.45, 2.75) is 25.8 Å². The van der Waals surface area contributed by atoms with Crippen LogP contribution >= 0.6 is 11.8 Å². The third-order valence-electron chi connectivity index (χ3n) is 4.34. The van der Waals surface area contributed by atoms with Crippen molar-refractivity contribution in [1.29, 1.82) is 0 Å². The van der Waals surface area contributed by atoms with E-state index in [0.717, 1.165) is 44.9 Å². The van der Waals surface area contributed by atoms with Gasteiger partial charge in [-0.2, -0.15) is 0 Å². The van der Waals surface area contributed by atoms with Crippen LogP contribution in [-0.2, 0) is 14.3 Å². The summed E-state index contributed by atoms with van der Waals surface area (Å²) in [4.78, 5) is 27.5. The van der Waals surface area contributed by atoms with Gasteiger partial charge in [-0.05, 0) is 12.8 Å². The van der Waals surface area contributed by atoms with Gasteiger partial charge in [0.15, 0.2) is 0 Å². The van der Waals surface area contributed by atoms with Crippen molar-refractivity contribution in [2.75, 3.05) is 37.9 Å². The number of carbonyl (C=O) groups excluding carboxylic acids is 2. The number of nitrogens with zero attached hydrogens (tertiary/aromatic N) is 2. The fraction of sp³-hybridized carbons (Fsp3) is 0.846. The van der Waals surface area contributed by atoms with Gasteiger partial charge in [0.1, 0.15) is 6.04 Å². The number of rotatable bonds is 1. The van der Waals surface area contributed by atoms with Crippen molar-refractivity contribution in [3.63, 3.8) is 0 Å². The van der Waals surface area contributed by atoms with Gasteiger partial charge < -0.3 is 14.5 Å². The summed E-state index contributed by atoms with van der Waals surface area (Å²) in [5.41, 5.74) is 0.209. The molecule has 0 saturated carbocycles. The first-order valence-electron chi connectivity index (χ1n) is 6.83. The molecule has 6 heteroatoms. The summed E-state index contributed by atoms with van der Waals surface area (Å²) in [5, 5.41) is 0. The minimum atomic E-state index is -0.246. The Labute approximate surface area is 117 Å². The van der Waals surface area contributed by atoms with Crippen molar-refractivity contribution in [1.82, 2.24) is 9.80 Å². The van der Waals surface area contributed by atoms with Crippen LogP contribution in [0.1, 0.15) is 19.8 Å². The second kappa shape index (κ2) is 4.98. The largest absolute Gasteiger partial charge is 0.381 e. The van der Waals surface area contributed by atoms with Crippen molar-refractivity contribution < 1.29 is 14.3 Å². The number of thioether (sulfide) groups is 1. The van der Waals surface area contributed by atoms with Crippen LogP contribution in [-0.4, -0.2) is 65.6 Å². The van der Waals surface area contributed by atoms with Gasteiger partial charge in [-0.3, -0.25) is 9.59 Å². The topological polar surface area (TPSA) is 49.9 Å². The lowest BCUT2D eigenvalue weighted by molar-refractivity contribution is -0.160. The average Bonchev–Trinajstić information content (AvgIpc) is 2.85. The van der Waals surface area contributed by atoms with E-state index in [0.29, 0.717) is 5.88 Å². The van der Waals surface area contributed by atoms with E-state index in [1.165, 1.54) is 0 Å². The molecule has 1 spiro atoms. The molecule has 19 heavy (non-hydrogen) atoms. The molecule has 0 unspecified atom stereocenters. The molecule has 0 bridgehead atoms. The summed E-state index contributed by atoms with van der Waals surface area (Å²) in [6, 6.07) is -0.246. The van der Waals surface area contributed by atoms with Gasteiger partial charge in [-0.25, -0.2) is 0 Å². The summed E-state index contributed by atoms with van der Waals surface area (Å²) in [6.45, 7) is 4.79. The lowest BCUT2D eigenvalue weighted by atomic mass is 9.75. The number of likely N-dealkylation sites (tertiary alicyclic amines) is 1. The smallest absolute Gasteiger partial charge is 0.246 e. The van der Waals surface area contributed by atoms with Crippen LogP contribution in [0, 0.1) is 5.41 Å². The van der Waals surface area contributed by atoms with Crippen LogP contribution in [0.15, 0.2) is 0 Å². The summed E-state index contributed by atoms with van der Waals surface area (Å²) < 4.78 is 5.53. The summed E-state index contributed by atoms with van der Waals surface area (Å²) in [6.07, 6.45) is 2.26. The van der Waals surface area contributed by atoms with Gasteiger partial charge in [0.2, 0.25) is 11.8 Å². The Hall–Kier alpha value is -0.750. The van der Waals surface area contributed by atoms with E-state index in [1.54, 1.807) is 23.6 Å². The van der Waals surface area contributed by atoms with E-state index in [9.17, 15) is 9.59 Å². The van der Waals surface area contributed by atoms with Crippen LogP contribution in [0.25, 0.3) is 0 Å². The average molecular weight is 284 g/mol. The van der Waals surface area contributed by atoms with Gasteiger partial charge in [-0.15, -0.1) is 11.8 Å². The van der Waals surface area contributed by atoms with Gasteiger partial charge in [0.05, 0.1) is 12.5 Å². The molecule has 3 aliphatic heterocycles. The Balaban J connectivity index is 1.59. The Kier molecular flexibility index (Phi) is 3.47. The number of hydrogen-bond acceptors (Lipinski definition) is 4. The zero-order chi connectivity index (χ0) is 13.5. The highest BCUT2D eigenvalue weighted by molar-refractivity contribution is 7.99. The molecule has 1 atom stereocenters. The third-order valence-corrected chi connectivity index (χ3v) is 5.35. The Morgan fingerprint density at radius 2 is 2.16 bits per heavy atom. The van der Waals surface area contributed by atoms with Crippen molar-refractivity contribution in [3.05, 3.63) is 0 Å². The van der Waals surface area contributed by atoms with Gasteiger partial charge in [0.25, 0.3) is 0 Å². The molecular weight excluding hydrogens is 264 g/mol. The second-order valence-electron chi connectivity index (χ2n) is 5.85. The highest BCUT2D eigenvalue weighted by atomic mass is 32.2. The van der Waals surface area contributed by atoms with Crippen LogP contribution in [0.2, 0.25) is 0 Å². The molecule has 5 nitrogen and oxygen atoms in total. The van der Waals surface area contributed by atoms with Crippen molar-refractivity contribution in [3.8, 4) is 0 Å². The lowest BCUT2D eigenvalue weighted by Gasteiger charge is -2.52. The van der Waals surface area contributed by atoms with Crippen molar-refractivity contribution >= 4 is 23.6 Å². The first-order chi connectivity index (χ1) is 9.11. The Morgan fingerprint density at radius 3 is 2.79 bits per heavy atom. The zero-order valence-corrected chi connectivity index (χ0v) is 12.1. The minimum Gasteiger partial charge on any atom is -0.381 e. The predicted molar refractivity (Wildman–Crippen MR) is 72.7 cm³/mol. The van der Waals surface area contributed by atoms with Crippen LogP contribution < -0.4 is 0 Å². The molecule has 3 fully saturated rings. The maximum atomic E-state index is 12.4. The third kappa shape index (κ3) is 2.36. The summed E-state index contributed by atoms with van der Waals surface area (Å²) >= 11 is 1.66. The molecule has 3 aliphatic rings. The first kappa shape index (κ1) is 13.2. The Bertz CT molecular complexity index is 387. The van der Waals surface area contributed by atoms with Gasteiger partial charge in [-0.1, -0.05) is 0 Å². The molecule has 106 valence electrons. The zero-order valence-electron chi connectivity index (χ0n) is 11.3. The summed E-state index contributed by atoms with van der Waals surface area (Å²) in [7, 11) is 0. The number of hydrogen-bond donors (Lipinski definition) is 0. The normalized spacial score (nSPS) is 29.4. The van der Waals surface area contributed by atoms with E-state index in [4.69, 9.17) is 4.74 Å². The lowest BCUT2D eigenvalue weighted by Crippen LogP contribution is -2.64. The van der Waals surface area contributed by atoms with Crippen LogP contribution in [0.3, 0.4) is 0 Å². The highest BCUT2D eigenvalue weighted by Crippen LogP contribution is 2.39. The molecule has 0 aromatic carbocycles. The van der Waals surface area contributed by atoms with E-state index in [1.807, 2.05) is 4.90 Å². The van der Waals surface area contributed by atoms with Crippen LogP contribution in [0.5, 0.6) is 0 Å². The SMILES string of the molecule is CC(=O)N1CSC[C@@H]1C(=O)N1CC2(CCCOC2)C1. The first-order valence-corrected chi connectivity index (χ1v) is 7.98. The van der Waals surface area contributed by atoms with Crippen molar-refractivity contribution in [2.24, 2.45) is 5.41 Å². The standard InChI is InChI=1S/C13H20N2O3S/c1-10(16)15-9-19-5-11(15)12(17)14-6-13(7-14)3-2-4-18-8-13/h11H,2-9H2,1H3/t11-/m1/s1. The van der Waals surface area contributed by atoms with E-state index in [-0.39, 0.29) is 23.3 Å². The Morgan fingerprint density at radius 1 is 1.37 bits per heavy atom. The van der Waals surface area contributed by atoms with E-state index < -0.39 is 0 Å². The number of amides is 2. The molecule has 0 aromatic heterocycles. The monoisotopic (exact) mass is 284 g/mol. The molecule has 0 N–H and O–H groups in total. The fourth-order valence-corrected chi connectivity index (χ4v) is 4.46. The number of carbonyl (C=O) groups is 2. The van der Waals surface area contributed by atoms with E-state index in [2.05, 4.69) is 0 Å². The maximum Gasteiger partial charge on any atom is 0.246 e. The predicted octanol–water partition coefficient (Wildman–Crippen LogP) is 0.547. The van der Waals surface area contributed by atoms with Gasteiger partial charge >= 0.3 is 0 Å². The molecule has 2 amide bonds. The quantitative estimate of drug-likeness (QED) is 0.705. The second-order valence-corrected chi connectivity index (χ2v) is 6.85. The fourth-order valence-electron chi connectivity index (χ4n) is 3.25. The molecule has 0 radical (unpaired) electrons. The molecular formula is C13H20N2O3S. The number of ether oxygens (including phenoxy) is 1. The van der Waals surface area contributed by atoms with Gasteiger partial charge in [0, 0.05) is 37.8 Å². The van der Waals surface area contributed by atoms with Crippen LogP contribution in [0.4, 0.5) is 0 Å². The molecule has 0 aliphatic carbocycles. The molecule has 0 aromatic rings. The maximum absolute atomic E-state index is 12.4. The highest BCUT2D eigenvalue weighted by Gasteiger charge is 2.48. The molecule has 3 rings (SSSR count). The minimum absolute atomic E-state index is 0.000383. The molecule has 3 heterocycles. The van der Waals surface area contributed by atoms with E-state index >= 15 is 0 Å².